The lowest BCUT2D eigenvalue weighted by Gasteiger charge is -2.32. The van der Waals surface area contributed by atoms with Crippen molar-refractivity contribution in [1.29, 1.82) is 0 Å². The van der Waals surface area contributed by atoms with Crippen molar-refractivity contribution in [1.82, 2.24) is 4.90 Å². The van der Waals surface area contributed by atoms with Gasteiger partial charge < -0.3 is 4.90 Å². The van der Waals surface area contributed by atoms with Crippen molar-refractivity contribution in [3.05, 3.63) is 12.2 Å². The number of hydrogen-bond donors (Lipinski definition) is 0. The topological polar surface area (TPSA) is 20.3 Å². The Bertz CT molecular complexity index is 202. The van der Waals surface area contributed by atoms with Crippen molar-refractivity contribution in [2.75, 3.05) is 13.1 Å². The molecule has 0 bridgehead atoms. The predicted octanol–water partition coefficient (Wildman–Crippen LogP) is 2.21. The minimum Gasteiger partial charge on any atom is -0.343 e. The van der Waals surface area contributed by atoms with Crippen LogP contribution in [0, 0.1) is 5.92 Å². The van der Waals surface area contributed by atoms with E-state index in [4.69, 9.17) is 0 Å². The molecule has 0 N–H and O–H groups in total. The first-order chi connectivity index (χ1) is 6.15. The maximum absolute atomic E-state index is 11.3. The summed E-state index contributed by atoms with van der Waals surface area (Å²) in [6.45, 7) is 9.82. The summed E-state index contributed by atoms with van der Waals surface area (Å²) >= 11 is 0. The van der Waals surface area contributed by atoms with Crippen LogP contribution in [0.5, 0.6) is 0 Å². The highest BCUT2D eigenvalue weighted by atomic mass is 16.2. The Labute approximate surface area is 80.6 Å². The second-order valence-electron chi connectivity index (χ2n) is 3.85. The highest BCUT2D eigenvalue weighted by Crippen LogP contribution is 2.23. The third-order valence-corrected chi connectivity index (χ3v) is 2.85. The van der Waals surface area contributed by atoms with E-state index in [-0.39, 0.29) is 0 Å². The smallest absolute Gasteiger partial charge is 0.222 e. The normalized spacial score (nSPS) is 18.8. The van der Waals surface area contributed by atoms with E-state index in [9.17, 15) is 4.79 Å². The molecule has 0 aliphatic carbocycles. The van der Waals surface area contributed by atoms with E-state index in [2.05, 4.69) is 13.5 Å². The van der Waals surface area contributed by atoms with Gasteiger partial charge in [-0.15, -0.1) is 0 Å². The standard InChI is InChI=1S/C11H19NO/c1-4-11(13)12-7-5-10(6-8-12)9(2)3/h10H,2,4-8H2,1,3H3. The van der Waals surface area contributed by atoms with Crippen LogP contribution >= 0.6 is 0 Å². The van der Waals surface area contributed by atoms with E-state index < -0.39 is 0 Å². The minimum atomic E-state index is 0.292. The lowest BCUT2D eigenvalue weighted by atomic mass is 9.91. The number of hydrogen-bond acceptors (Lipinski definition) is 1. The minimum absolute atomic E-state index is 0.292. The van der Waals surface area contributed by atoms with Gasteiger partial charge in [0.05, 0.1) is 0 Å². The Morgan fingerprint density at radius 2 is 2.00 bits per heavy atom. The molecule has 0 aromatic carbocycles. The second kappa shape index (κ2) is 4.45. The first kappa shape index (κ1) is 10.3. The molecule has 0 spiro atoms. The van der Waals surface area contributed by atoms with Gasteiger partial charge >= 0.3 is 0 Å². The lowest BCUT2D eigenvalue weighted by Crippen LogP contribution is -2.38. The van der Waals surface area contributed by atoms with Gasteiger partial charge in [-0.05, 0) is 25.7 Å². The van der Waals surface area contributed by atoms with Gasteiger partial charge in [0.15, 0.2) is 0 Å². The Kier molecular flexibility index (Phi) is 3.52. The van der Waals surface area contributed by atoms with Crippen LogP contribution in [0.1, 0.15) is 33.1 Å². The molecule has 2 nitrogen and oxygen atoms in total. The molecule has 1 fully saturated rings. The van der Waals surface area contributed by atoms with Crippen LogP contribution in [0.2, 0.25) is 0 Å². The number of amides is 1. The van der Waals surface area contributed by atoms with Gasteiger partial charge in [0.2, 0.25) is 5.91 Å². The third-order valence-electron chi connectivity index (χ3n) is 2.85. The molecule has 0 atom stereocenters. The summed E-state index contributed by atoms with van der Waals surface area (Å²) in [4.78, 5) is 13.3. The molecule has 1 heterocycles. The zero-order chi connectivity index (χ0) is 9.84. The van der Waals surface area contributed by atoms with Gasteiger partial charge in [-0.2, -0.15) is 0 Å². The fourth-order valence-electron chi connectivity index (χ4n) is 1.85. The largest absolute Gasteiger partial charge is 0.343 e. The average Bonchev–Trinajstić information content (AvgIpc) is 2.17. The van der Waals surface area contributed by atoms with Crippen LogP contribution in [0.3, 0.4) is 0 Å². The van der Waals surface area contributed by atoms with E-state index in [0.29, 0.717) is 18.2 Å². The molecule has 1 saturated heterocycles. The summed E-state index contributed by atoms with van der Waals surface area (Å²) in [6.07, 6.45) is 2.83. The molecule has 1 aliphatic heterocycles. The summed E-state index contributed by atoms with van der Waals surface area (Å²) in [7, 11) is 0. The molecule has 1 aliphatic rings. The molecule has 0 radical (unpaired) electrons. The van der Waals surface area contributed by atoms with Crippen molar-refractivity contribution >= 4 is 5.91 Å². The Balaban J connectivity index is 2.39. The zero-order valence-electron chi connectivity index (χ0n) is 8.68. The molecule has 1 amide bonds. The van der Waals surface area contributed by atoms with Crippen LogP contribution in [-0.2, 0) is 4.79 Å². The number of rotatable bonds is 2. The van der Waals surface area contributed by atoms with Crippen molar-refractivity contribution in [2.24, 2.45) is 5.92 Å². The molecular formula is C11H19NO. The summed E-state index contributed by atoms with van der Waals surface area (Å²) in [6, 6.07) is 0. The van der Waals surface area contributed by atoms with Gasteiger partial charge in [-0.1, -0.05) is 19.1 Å². The first-order valence-electron chi connectivity index (χ1n) is 5.08. The molecule has 0 aromatic rings. The van der Waals surface area contributed by atoms with E-state index in [0.717, 1.165) is 25.9 Å². The number of carbonyl (C=O) groups is 1. The Hall–Kier alpha value is -0.790. The van der Waals surface area contributed by atoms with Crippen LogP contribution < -0.4 is 0 Å². The van der Waals surface area contributed by atoms with Gasteiger partial charge in [0.25, 0.3) is 0 Å². The molecule has 0 unspecified atom stereocenters. The SMILES string of the molecule is C=C(C)C1CCN(C(=O)CC)CC1. The molecule has 1 rings (SSSR count). The van der Waals surface area contributed by atoms with Crippen molar-refractivity contribution in [3.8, 4) is 0 Å². The number of allylic oxidation sites excluding steroid dienone is 1. The molecule has 13 heavy (non-hydrogen) atoms. The predicted molar refractivity (Wildman–Crippen MR) is 54.4 cm³/mol. The highest BCUT2D eigenvalue weighted by molar-refractivity contribution is 5.75. The molecule has 74 valence electrons. The average molecular weight is 181 g/mol. The number of piperidine rings is 1. The van der Waals surface area contributed by atoms with E-state index in [1.54, 1.807) is 0 Å². The second-order valence-corrected chi connectivity index (χ2v) is 3.85. The van der Waals surface area contributed by atoms with Gasteiger partial charge in [-0.25, -0.2) is 0 Å². The van der Waals surface area contributed by atoms with Crippen molar-refractivity contribution < 1.29 is 4.79 Å². The summed E-state index contributed by atoms with van der Waals surface area (Å²) in [5.74, 6) is 0.932. The van der Waals surface area contributed by atoms with Gasteiger partial charge in [0.1, 0.15) is 0 Å². The highest BCUT2D eigenvalue weighted by Gasteiger charge is 2.21. The summed E-state index contributed by atoms with van der Waals surface area (Å²) < 4.78 is 0. The van der Waals surface area contributed by atoms with E-state index in [1.165, 1.54) is 5.57 Å². The molecular weight excluding hydrogens is 162 g/mol. The zero-order valence-corrected chi connectivity index (χ0v) is 8.68. The maximum Gasteiger partial charge on any atom is 0.222 e. The first-order valence-corrected chi connectivity index (χ1v) is 5.08. The Morgan fingerprint density at radius 3 is 2.38 bits per heavy atom. The quantitative estimate of drug-likeness (QED) is 0.598. The van der Waals surface area contributed by atoms with Gasteiger partial charge in [0, 0.05) is 19.5 Å². The van der Waals surface area contributed by atoms with E-state index in [1.807, 2.05) is 11.8 Å². The summed E-state index contributed by atoms with van der Waals surface area (Å²) in [5, 5.41) is 0. The number of carbonyl (C=O) groups excluding carboxylic acids is 1. The van der Waals surface area contributed by atoms with Crippen LogP contribution in [-0.4, -0.2) is 23.9 Å². The fourth-order valence-corrected chi connectivity index (χ4v) is 1.85. The molecule has 0 saturated carbocycles. The fraction of sp³-hybridized carbons (Fsp3) is 0.727. The number of likely N-dealkylation sites (tertiary alicyclic amines) is 1. The maximum atomic E-state index is 11.3. The van der Waals surface area contributed by atoms with Crippen LogP contribution in [0.4, 0.5) is 0 Å². The third kappa shape index (κ3) is 2.58. The van der Waals surface area contributed by atoms with Crippen molar-refractivity contribution in [2.45, 2.75) is 33.1 Å². The van der Waals surface area contributed by atoms with E-state index >= 15 is 0 Å². The van der Waals surface area contributed by atoms with Crippen LogP contribution in [0.15, 0.2) is 12.2 Å². The van der Waals surface area contributed by atoms with Crippen LogP contribution in [0.25, 0.3) is 0 Å². The lowest BCUT2D eigenvalue weighted by molar-refractivity contribution is -0.132. The van der Waals surface area contributed by atoms with Gasteiger partial charge in [-0.3, -0.25) is 4.79 Å². The monoisotopic (exact) mass is 181 g/mol. The van der Waals surface area contributed by atoms with Crippen molar-refractivity contribution in [3.63, 3.8) is 0 Å². The Morgan fingerprint density at radius 1 is 1.46 bits per heavy atom. The number of nitrogens with zero attached hydrogens (tertiary/aromatic N) is 1. The summed E-state index contributed by atoms with van der Waals surface area (Å²) in [5.41, 5.74) is 1.27. The molecule has 2 heteroatoms. The molecule has 0 aromatic heterocycles.